The summed E-state index contributed by atoms with van der Waals surface area (Å²) in [7, 11) is 0. The molecule has 0 saturated carbocycles. The Kier molecular flexibility index (Phi) is 6.15. The quantitative estimate of drug-likeness (QED) is 0.541. The van der Waals surface area contributed by atoms with Gasteiger partial charge in [0.15, 0.2) is 0 Å². The van der Waals surface area contributed by atoms with Gasteiger partial charge >= 0.3 is 5.57 Å². The van der Waals surface area contributed by atoms with Crippen molar-refractivity contribution in [3.63, 3.8) is 0 Å². The van der Waals surface area contributed by atoms with Crippen LogP contribution in [0.4, 0.5) is 20.3 Å². The second-order valence-electron chi connectivity index (χ2n) is 7.12. The molecule has 3 aromatic rings. The number of aliphatic hydroxyl groups excluding tert-OH is 1. The van der Waals surface area contributed by atoms with Crippen LogP contribution in [0.3, 0.4) is 0 Å². The summed E-state index contributed by atoms with van der Waals surface area (Å²) in [5.74, 6) is 0.000787. The highest BCUT2D eigenvalue weighted by atomic mass is 35.5. The number of hydrogen-bond acceptors (Lipinski definition) is 7. The summed E-state index contributed by atoms with van der Waals surface area (Å²) in [6.07, 6.45) is 3.15. The molecule has 1 aliphatic heterocycles. The van der Waals surface area contributed by atoms with E-state index in [1.807, 2.05) is 4.90 Å². The van der Waals surface area contributed by atoms with Gasteiger partial charge in [0.25, 0.3) is 5.91 Å². The summed E-state index contributed by atoms with van der Waals surface area (Å²) in [5, 5.41) is 20.6. The highest BCUT2D eigenvalue weighted by Crippen LogP contribution is 2.31. The van der Waals surface area contributed by atoms with E-state index in [-0.39, 0.29) is 11.3 Å². The van der Waals surface area contributed by atoms with Gasteiger partial charge in [0.1, 0.15) is 11.6 Å². The third-order valence-corrected chi connectivity index (χ3v) is 4.86. The fourth-order valence-corrected chi connectivity index (χ4v) is 3.43. The van der Waals surface area contributed by atoms with Crippen LogP contribution >= 0.6 is 11.6 Å². The van der Waals surface area contributed by atoms with E-state index < -0.39 is 17.6 Å². The molecule has 1 amide bonds. The van der Waals surface area contributed by atoms with Crippen LogP contribution in [0.15, 0.2) is 54.9 Å². The number of halogens is 3. The number of hydrogen-bond donors (Lipinski definition) is 2. The lowest BCUT2D eigenvalue weighted by molar-refractivity contribution is -0.0964. The zero-order chi connectivity index (χ0) is 22.7. The van der Waals surface area contributed by atoms with E-state index in [1.165, 1.54) is 30.5 Å². The molecule has 0 unspecified atom stereocenters. The summed E-state index contributed by atoms with van der Waals surface area (Å²) in [4.78, 5) is 19.2. The Morgan fingerprint density at radius 1 is 1.28 bits per heavy atom. The third-order valence-electron chi connectivity index (χ3n) is 4.79. The Labute approximate surface area is 186 Å². The van der Waals surface area contributed by atoms with E-state index in [0.717, 1.165) is 0 Å². The zero-order valence-electron chi connectivity index (χ0n) is 16.6. The molecular formula is C21H18ClF2N5O3. The summed E-state index contributed by atoms with van der Waals surface area (Å²) in [5.41, 5.74) is -2.04. The van der Waals surface area contributed by atoms with E-state index in [1.54, 1.807) is 24.4 Å². The lowest BCUT2D eigenvalue weighted by Gasteiger charge is -2.20. The summed E-state index contributed by atoms with van der Waals surface area (Å²) >= 11 is 4.75. The molecule has 11 heteroatoms. The fourth-order valence-electron chi connectivity index (χ4n) is 3.34. The van der Waals surface area contributed by atoms with Gasteiger partial charge in [-0.25, -0.2) is 4.98 Å². The summed E-state index contributed by atoms with van der Waals surface area (Å²) < 4.78 is 29.7. The predicted molar refractivity (Wildman–Crippen MR) is 114 cm³/mol. The van der Waals surface area contributed by atoms with Crippen molar-refractivity contribution in [3.05, 3.63) is 60.4 Å². The summed E-state index contributed by atoms with van der Waals surface area (Å²) in [6.45, 7) is 1.06. The maximum Gasteiger partial charge on any atom is 0.487 e. The number of carbonyl (C=O) groups excluding carboxylic acids is 1. The first-order valence-corrected chi connectivity index (χ1v) is 10.0. The average Bonchev–Trinajstić information content (AvgIpc) is 3.20. The number of alkyl halides is 3. The van der Waals surface area contributed by atoms with Gasteiger partial charge in [0.05, 0.1) is 17.4 Å². The molecule has 0 aliphatic carbocycles. The molecule has 0 bridgehead atoms. The maximum absolute atomic E-state index is 12.8. The van der Waals surface area contributed by atoms with Gasteiger partial charge in [-0.2, -0.15) is 10.2 Å². The number of aliphatic hydroxyl groups is 1. The van der Waals surface area contributed by atoms with Crippen LogP contribution in [0.1, 0.15) is 16.8 Å². The third kappa shape index (κ3) is 5.27. The number of pyridine rings is 1. The predicted octanol–water partition coefficient (Wildman–Crippen LogP) is 3.53. The van der Waals surface area contributed by atoms with Crippen LogP contribution in [-0.4, -0.2) is 51.0 Å². The minimum absolute atomic E-state index is 0.147. The first-order valence-electron chi connectivity index (χ1n) is 9.67. The molecule has 1 aliphatic rings. The second-order valence-corrected chi connectivity index (χ2v) is 7.56. The Morgan fingerprint density at radius 3 is 2.69 bits per heavy atom. The smallest absolute Gasteiger partial charge is 0.420 e. The number of nitrogens with zero attached hydrogens (tertiary/aromatic N) is 4. The van der Waals surface area contributed by atoms with Crippen molar-refractivity contribution in [2.24, 2.45) is 0 Å². The van der Waals surface area contributed by atoms with Crippen molar-refractivity contribution < 1.29 is 23.4 Å². The van der Waals surface area contributed by atoms with Gasteiger partial charge < -0.3 is 20.1 Å². The van der Waals surface area contributed by atoms with Gasteiger partial charge in [0, 0.05) is 48.3 Å². The van der Waals surface area contributed by atoms with Crippen molar-refractivity contribution in [3.8, 4) is 17.0 Å². The van der Waals surface area contributed by atoms with E-state index in [0.29, 0.717) is 42.3 Å². The lowest BCUT2D eigenvalue weighted by Crippen LogP contribution is -2.23. The minimum atomic E-state index is -3.82. The molecule has 0 spiro atoms. The molecule has 2 aromatic heterocycles. The minimum Gasteiger partial charge on any atom is -0.420 e. The van der Waals surface area contributed by atoms with Crippen LogP contribution in [-0.2, 0) is 0 Å². The Balaban J connectivity index is 1.57. The Morgan fingerprint density at radius 2 is 2.06 bits per heavy atom. The Hall–Kier alpha value is -3.37. The first kappa shape index (κ1) is 21.8. The molecule has 1 fully saturated rings. The van der Waals surface area contributed by atoms with Crippen LogP contribution in [0.5, 0.6) is 5.75 Å². The molecule has 0 radical (unpaired) electrons. The number of rotatable bonds is 6. The van der Waals surface area contributed by atoms with Crippen molar-refractivity contribution >= 4 is 29.0 Å². The highest BCUT2D eigenvalue weighted by molar-refractivity contribution is 6.20. The maximum atomic E-state index is 12.8. The van der Waals surface area contributed by atoms with Crippen LogP contribution in [0, 0.1) is 0 Å². The van der Waals surface area contributed by atoms with Crippen molar-refractivity contribution in [1.29, 1.82) is 0 Å². The van der Waals surface area contributed by atoms with E-state index in [9.17, 15) is 18.7 Å². The van der Waals surface area contributed by atoms with Crippen molar-refractivity contribution in [2.45, 2.75) is 18.1 Å². The van der Waals surface area contributed by atoms with Gasteiger partial charge in [0.2, 0.25) is 0 Å². The van der Waals surface area contributed by atoms with Gasteiger partial charge in [-0.15, -0.1) is 8.78 Å². The van der Waals surface area contributed by atoms with Gasteiger partial charge in [-0.3, -0.25) is 4.79 Å². The second kappa shape index (κ2) is 9.01. The monoisotopic (exact) mass is 461 g/mol. The topological polar surface area (TPSA) is 100 Å². The number of amides is 1. The van der Waals surface area contributed by atoms with E-state index in [2.05, 4.69) is 25.2 Å². The van der Waals surface area contributed by atoms with E-state index >= 15 is 0 Å². The number of anilines is 2. The fraction of sp³-hybridized carbons (Fsp3) is 0.238. The zero-order valence-corrected chi connectivity index (χ0v) is 17.3. The SMILES string of the molecule is O=C(Nc1ccc(OC(F)(F)Cl)cc1)c1cnc(N2CC[C@@H](O)C2)c(-c2cccnn2)c1. The number of carbonyl (C=O) groups is 1. The molecule has 1 saturated heterocycles. The largest absolute Gasteiger partial charge is 0.487 e. The van der Waals surface area contributed by atoms with Crippen LogP contribution in [0.2, 0.25) is 0 Å². The number of ether oxygens (including phenoxy) is 1. The molecule has 4 rings (SSSR count). The van der Waals surface area contributed by atoms with Crippen molar-refractivity contribution in [2.75, 3.05) is 23.3 Å². The molecule has 166 valence electrons. The van der Waals surface area contributed by atoms with Gasteiger partial charge in [-0.1, -0.05) is 0 Å². The standard InChI is InChI=1S/C21H18ClF2N5O3/c22-21(23,24)32-16-5-3-14(4-6-16)27-20(31)13-10-17(18-2-1-8-26-28-18)19(25-11-13)29-9-7-15(30)12-29/h1-6,8,10-11,15,30H,7,9,12H2,(H,27,31)/t15-/m1/s1. The molecule has 2 N–H and O–H groups in total. The number of benzene rings is 1. The molecule has 8 nitrogen and oxygen atoms in total. The number of aromatic nitrogens is 3. The first-order chi connectivity index (χ1) is 15.3. The normalized spacial score (nSPS) is 16.1. The molecule has 3 heterocycles. The number of β-amino-alcohol motifs (C(OH)–C–C–N with tert-alkyl or cyclic N) is 1. The average molecular weight is 462 g/mol. The molecule has 1 atom stereocenters. The molecular weight excluding hydrogens is 444 g/mol. The van der Waals surface area contributed by atoms with Crippen LogP contribution in [0.25, 0.3) is 11.3 Å². The molecule has 1 aromatic carbocycles. The number of nitrogens with one attached hydrogen (secondary N) is 1. The molecule has 32 heavy (non-hydrogen) atoms. The van der Waals surface area contributed by atoms with E-state index in [4.69, 9.17) is 11.6 Å². The summed E-state index contributed by atoms with van der Waals surface area (Å²) in [6, 6.07) is 10.5. The highest BCUT2D eigenvalue weighted by Gasteiger charge is 2.28. The van der Waals surface area contributed by atoms with Crippen molar-refractivity contribution in [1.82, 2.24) is 15.2 Å². The lowest BCUT2D eigenvalue weighted by atomic mass is 10.1. The van der Waals surface area contributed by atoms with Gasteiger partial charge in [-0.05, 0) is 48.9 Å². The Bertz CT molecular complexity index is 1100. The van der Waals surface area contributed by atoms with Crippen LogP contribution < -0.4 is 15.0 Å².